The number of hydrogen-bond donors (Lipinski definition) is 2. The zero-order valence-corrected chi connectivity index (χ0v) is 15.1. The highest BCUT2D eigenvalue weighted by Gasteiger charge is 2.05. The summed E-state index contributed by atoms with van der Waals surface area (Å²) in [7, 11) is 0. The van der Waals surface area contributed by atoms with Crippen LogP contribution in [0.5, 0.6) is 11.5 Å². The van der Waals surface area contributed by atoms with Crippen molar-refractivity contribution in [2.75, 3.05) is 26.2 Å². The monoisotopic (exact) mass is 360 g/mol. The summed E-state index contributed by atoms with van der Waals surface area (Å²) in [5.74, 6) is 1.59. The number of pyridine rings is 1. The Morgan fingerprint density at radius 1 is 1.23 bits per heavy atom. The van der Waals surface area contributed by atoms with Gasteiger partial charge in [0.05, 0.1) is 19.3 Å². The van der Waals surface area contributed by atoms with Crippen molar-refractivity contribution in [3.63, 3.8) is 0 Å². The lowest BCUT2D eigenvalue weighted by Gasteiger charge is -2.15. The highest BCUT2D eigenvalue weighted by atomic mass is 19.1. The van der Waals surface area contributed by atoms with Gasteiger partial charge in [-0.15, -0.1) is 0 Å². The van der Waals surface area contributed by atoms with Crippen molar-refractivity contribution in [1.82, 2.24) is 15.6 Å². The highest BCUT2D eigenvalue weighted by molar-refractivity contribution is 5.79. The molecular formula is C19H25FN4O2. The maximum absolute atomic E-state index is 13.2. The first-order valence-corrected chi connectivity index (χ1v) is 8.64. The predicted molar refractivity (Wildman–Crippen MR) is 100 cm³/mol. The van der Waals surface area contributed by atoms with E-state index < -0.39 is 0 Å². The quantitative estimate of drug-likeness (QED) is 0.409. The molecule has 1 heterocycles. The Labute approximate surface area is 153 Å². The molecule has 0 saturated heterocycles. The summed E-state index contributed by atoms with van der Waals surface area (Å²) in [5.41, 5.74) is 0. The Kier molecular flexibility index (Phi) is 8.18. The van der Waals surface area contributed by atoms with Crippen LogP contribution >= 0.6 is 0 Å². The van der Waals surface area contributed by atoms with E-state index in [2.05, 4.69) is 20.6 Å². The molecule has 1 aromatic heterocycles. The van der Waals surface area contributed by atoms with Gasteiger partial charge in [-0.3, -0.25) is 4.98 Å². The standard InChI is InChI=1S/C19H25FN4O2/c1-3-22-19(23-10-11-25-18-8-5-9-21-14-18)24-13-15(2)26-17-7-4-6-16(20)12-17/h4-9,12,14-15H,3,10-11,13H2,1-2H3,(H2,22,23,24). The van der Waals surface area contributed by atoms with E-state index in [9.17, 15) is 4.39 Å². The van der Waals surface area contributed by atoms with Gasteiger partial charge in [0, 0.05) is 18.8 Å². The van der Waals surface area contributed by atoms with Crippen LogP contribution in [0.25, 0.3) is 0 Å². The van der Waals surface area contributed by atoms with E-state index in [4.69, 9.17) is 9.47 Å². The summed E-state index contributed by atoms with van der Waals surface area (Å²) in [6, 6.07) is 9.78. The van der Waals surface area contributed by atoms with Gasteiger partial charge in [0.25, 0.3) is 0 Å². The fraction of sp³-hybridized carbons (Fsp3) is 0.368. The molecule has 0 amide bonds. The molecule has 0 radical (unpaired) electrons. The Morgan fingerprint density at radius 3 is 2.81 bits per heavy atom. The van der Waals surface area contributed by atoms with E-state index in [1.807, 2.05) is 26.0 Å². The second-order valence-electron chi connectivity index (χ2n) is 5.57. The van der Waals surface area contributed by atoms with Crippen LogP contribution in [0.3, 0.4) is 0 Å². The Morgan fingerprint density at radius 2 is 2.08 bits per heavy atom. The van der Waals surface area contributed by atoms with Crippen LogP contribution in [-0.4, -0.2) is 43.3 Å². The van der Waals surface area contributed by atoms with Gasteiger partial charge in [0.2, 0.25) is 0 Å². The third kappa shape index (κ3) is 7.38. The minimum absolute atomic E-state index is 0.182. The van der Waals surface area contributed by atoms with E-state index in [1.165, 1.54) is 12.1 Å². The van der Waals surface area contributed by atoms with Gasteiger partial charge in [-0.2, -0.15) is 0 Å². The third-order valence-corrected chi connectivity index (χ3v) is 3.28. The summed E-state index contributed by atoms with van der Waals surface area (Å²) < 4.78 is 24.4. The molecule has 2 N–H and O–H groups in total. The van der Waals surface area contributed by atoms with Crippen molar-refractivity contribution in [2.24, 2.45) is 4.99 Å². The fourth-order valence-electron chi connectivity index (χ4n) is 2.14. The first-order valence-electron chi connectivity index (χ1n) is 8.64. The number of hydrogen-bond acceptors (Lipinski definition) is 4. The van der Waals surface area contributed by atoms with E-state index in [1.54, 1.807) is 24.5 Å². The van der Waals surface area contributed by atoms with E-state index in [0.717, 1.165) is 12.3 Å². The van der Waals surface area contributed by atoms with E-state index in [-0.39, 0.29) is 11.9 Å². The zero-order valence-electron chi connectivity index (χ0n) is 15.1. The molecule has 1 atom stereocenters. The molecule has 7 heteroatoms. The molecule has 6 nitrogen and oxygen atoms in total. The van der Waals surface area contributed by atoms with Crippen molar-refractivity contribution in [1.29, 1.82) is 0 Å². The summed E-state index contributed by atoms with van der Waals surface area (Å²) in [6.07, 6.45) is 3.19. The number of nitrogens with one attached hydrogen (secondary N) is 2. The van der Waals surface area contributed by atoms with Crippen molar-refractivity contribution >= 4 is 5.96 Å². The number of halogens is 1. The third-order valence-electron chi connectivity index (χ3n) is 3.28. The lowest BCUT2D eigenvalue weighted by Crippen LogP contribution is -2.40. The van der Waals surface area contributed by atoms with Crippen molar-refractivity contribution in [2.45, 2.75) is 20.0 Å². The lowest BCUT2D eigenvalue weighted by atomic mass is 10.3. The summed E-state index contributed by atoms with van der Waals surface area (Å²) >= 11 is 0. The van der Waals surface area contributed by atoms with Gasteiger partial charge < -0.3 is 20.1 Å². The topological polar surface area (TPSA) is 67.8 Å². The van der Waals surface area contributed by atoms with Crippen LogP contribution in [0.15, 0.2) is 53.8 Å². The van der Waals surface area contributed by atoms with Crippen molar-refractivity contribution in [3.8, 4) is 11.5 Å². The number of aromatic nitrogens is 1. The first kappa shape index (κ1) is 19.5. The number of aliphatic imine (C=N–C) groups is 1. The number of ether oxygens (including phenoxy) is 2. The minimum Gasteiger partial charge on any atom is -0.490 e. The molecule has 0 spiro atoms. The second kappa shape index (κ2) is 10.9. The molecule has 1 unspecified atom stereocenters. The van der Waals surface area contributed by atoms with Crippen LogP contribution in [0.2, 0.25) is 0 Å². The van der Waals surface area contributed by atoms with Crippen LogP contribution in [0.4, 0.5) is 4.39 Å². The molecular weight excluding hydrogens is 335 g/mol. The van der Waals surface area contributed by atoms with Crippen molar-refractivity contribution < 1.29 is 13.9 Å². The molecule has 0 aliphatic heterocycles. The Balaban J connectivity index is 1.76. The maximum Gasteiger partial charge on any atom is 0.191 e. The Hall–Kier alpha value is -2.83. The van der Waals surface area contributed by atoms with Gasteiger partial charge in [-0.1, -0.05) is 6.07 Å². The first-order chi connectivity index (χ1) is 12.7. The van der Waals surface area contributed by atoms with Crippen molar-refractivity contribution in [3.05, 3.63) is 54.6 Å². The van der Waals surface area contributed by atoms with Crippen LogP contribution in [0.1, 0.15) is 13.8 Å². The summed E-state index contributed by atoms with van der Waals surface area (Å²) in [6.45, 7) is 6.16. The van der Waals surface area contributed by atoms with Gasteiger partial charge in [-0.25, -0.2) is 9.38 Å². The molecule has 0 bridgehead atoms. The smallest absolute Gasteiger partial charge is 0.191 e. The van der Waals surface area contributed by atoms with Gasteiger partial charge >= 0.3 is 0 Å². The number of nitrogens with zero attached hydrogens (tertiary/aromatic N) is 2. The maximum atomic E-state index is 13.2. The average Bonchev–Trinajstić information content (AvgIpc) is 2.64. The lowest BCUT2D eigenvalue weighted by molar-refractivity contribution is 0.229. The van der Waals surface area contributed by atoms with E-state index >= 15 is 0 Å². The largest absolute Gasteiger partial charge is 0.490 e. The molecule has 0 aliphatic rings. The van der Waals surface area contributed by atoms with Gasteiger partial charge in [0.15, 0.2) is 5.96 Å². The molecule has 140 valence electrons. The molecule has 2 rings (SSSR count). The molecule has 0 saturated carbocycles. The fourth-order valence-corrected chi connectivity index (χ4v) is 2.14. The van der Waals surface area contributed by atoms with Crippen LogP contribution < -0.4 is 20.1 Å². The molecule has 0 aliphatic carbocycles. The summed E-state index contributed by atoms with van der Waals surface area (Å²) in [4.78, 5) is 8.48. The van der Waals surface area contributed by atoms with Crippen LogP contribution in [0, 0.1) is 5.82 Å². The van der Waals surface area contributed by atoms with Gasteiger partial charge in [-0.05, 0) is 38.1 Å². The molecule has 0 fully saturated rings. The normalized spacial score (nSPS) is 12.3. The van der Waals surface area contributed by atoms with Crippen LogP contribution in [-0.2, 0) is 0 Å². The van der Waals surface area contributed by atoms with E-state index in [0.29, 0.717) is 31.4 Å². The summed E-state index contributed by atoms with van der Waals surface area (Å²) in [5, 5.41) is 6.36. The predicted octanol–water partition coefficient (Wildman–Crippen LogP) is 2.62. The second-order valence-corrected chi connectivity index (χ2v) is 5.57. The highest BCUT2D eigenvalue weighted by Crippen LogP contribution is 2.13. The SMILES string of the molecule is CCNC(=NCC(C)Oc1cccc(F)c1)NCCOc1cccnc1. The number of guanidine groups is 1. The minimum atomic E-state index is -0.318. The number of rotatable bonds is 9. The molecule has 2 aromatic rings. The number of benzene rings is 1. The average molecular weight is 360 g/mol. The Bertz CT molecular complexity index is 682. The molecule has 1 aromatic carbocycles. The molecule has 26 heavy (non-hydrogen) atoms. The van der Waals surface area contributed by atoms with Gasteiger partial charge in [0.1, 0.15) is 30.0 Å². The zero-order chi connectivity index (χ0) is 18.6.